The number of hydrogen-bond acceptors (Lipinski definition) is 4. The molecule has 1 aliphatic rings. The Kier molecular flexibility index (Phi) is 2.28. The number of fused-ring (bicyclic) bond motifs is 1. The van der Waals surface area contributed by atoms with Crippen LogP contribution in [0.1, 0.15) is 13.3 Å². The van der Waals surface area contributed by atoms with Crippen molar-refractivity contribution in [3.63, 3.8) is 0 Å². The van der Waals surface area contributed by atoms with E-state index >= 15 is 0 Å². The SMILES string of the molecule is CC1=Nc2ccccc2N=C(NN)C1. The monoisotopic (exact) mass is 188 g/mol. The average Bonchev–Trinajstić information content (AvgIpc) is 2.35. The van der Waals surface area contributed by atoms with Crippen LogP contribution in [0, 0.1) is 0 Å². The first-order valence-corrected chi connectivity index (χ1v) is 4.47. The van der Waals surface area contributed by atoms with E-state index in [1.165, 1.54) is 0 Å². The Bertz CT molecular complexity index is 406. The zero-order chi connectivity index (χ0) is 9.97. The molecule has 72 valence electrons. The number of hydrazine groups is 1. The Hall–Kier alpha value is -1.68. The molecule has 4 nitrogen and oxygen atoms in total. The first-order valence-electron chi connectivity index (χ1n) is 4.47. The smallest absolute Gasteiger partial charge is 0.122 e. The molecule has 0 bridgehead atoms. The van der Waals surface area contributed by atoms with Gasteiger partial charge in [0.05, 0.1) is 11.4 Å². The minimum absolute atomic E-state index is 0.672. The maximum atomic E-state index is 5.36. The Morgan fingerprint density at radius 3 is 2.50 bits per heavy atom. The quantitative estimate of drug-likeness (QED) is 0.480. The van der Waals surface area contributed by atoms with Crippen LogP contribution in [0.2, 0.25) is 0 Å². The molecular weight excluding hydrogens is 176 g/mol. The number of amidine groups is 1. The van der Waals surface area contributed by atoms with Crippen molar-refractivity contribution < 1.29 is 0 Å². The van der Waals surface area contributed by atoms with Gasteiger partial charge in [-0.3, -0.25) is 4.99 Å². The van der Waals surface area contributed by atoms with E-state index in [-0.39, 0.29) is 0 Å². The zero-order valence-corrected chi connectivity index (χ0v) is 7.99. The van der Waals surface area contributed by atoms with Crippen LogP contribution in [0.15, 0.2) is 34.3 Å². The standard InChI is InChI=1S/C10H12N4/c1-7-6-10(14-11)13-9-5-3-2-4-8(9)12-7/h2-5H,6,11H2,1H3,(H,13,14). The van der Waals surface area contributed by atoms with E-state index in [4.69, 9.17) is 5.84 Å². The lowest BCUT2D eigenvalue weighted by molar-refractivity contribution is 1.00. The van der Waals surface area contributed by atoms with Gasteiger partial charge in [0, 0.05) is 12.1 Å². The molecule has 0 fully saturated rings. The second-order valence-corrected chi connectivity index (χ2v) is 3.22. The molecule has 0 radical (unpaired) electrons. The van der Waals surface area contributed by atoms with Gasteiger partial charge in [-0.05, 0) is 19.1 Å². The van der Waals surface area contributed by atoms with E-state index in [2.05, 4.69) is 15.4 Å². The number of hydrogen-bond donors (Lipinski definition) is 2. The van der Waals surface area contributed by atoms with Crippen LogP contribution in [0.5, 0.6) is 0 Å². The van der Waals surface area contributed by atoms with Crippen molar-refractivity contribution in [1.29, 1.82) is 0 Å². The minimum Gasteiger partial charge on any atom is -0.312 e. The normalized spacial score (nSPS) is 15.0. The van der Waals surface area contributed by atoms with Crippen LogP contribution in [-0.4, -0.2) is 11.5 Å². The summed E-state index contributed by atoms with van der Waals surface area (Å²) in [6.07, 6.45) is 0.672. The summed E-state index contributed by atoms with van der Waals surface area (Å²) < 4.78 is 0. The third-order valence-corrected chi connectivity index (χ3v) is 2.04. The van der Waals surface area contributed by atoms with Gasteiger partial charge in [0.25, 0.3) is 0 Å². The fourth-order valence-electron chi connectivity index (χ4n) is 1.41. The minimum atomic E-state index is 0.672. The Morgan fingerprint density at radius 1 is 1.21 bits per heavy atom. The average molecular weight is 188 g/mol. The van der Waals surface area contributed by atoms with Crippen LogP contribution in [0.3, 0.4) is 0 Å². The maximum absolute atomic E-state index is 5.36. The van der Waals surface area contributed by atoms with Gasteiger partial charge in [-0.1, -0.05) is 12.1 Å². The van der Waals surface area contributed by atoms with E-state index in [0.717, 1.165) is 22.9 Å². The third kappa shape index (κ3) is 1.65. The number of rotatable bonds is 0. The topological polar surface area (TPSA) is 62.8 Å². The Morgan fingerprint density at radius 2 is 1.86 bits per heavy atom. The van der Waals surface area contributed by atoms with Crippen molar-refractivity contribution in [2.75, 3.05) is 0 Å². The summed E-state index contributed by atoms with van der Waals surface area (Å²) in [5.41, 5.74) is 5.35. The van der Waals surface area contributed by atoms with Crippen LogP contribution in [0.25, 0.3) is 0 Å². The summed E-state index contributed by atoms with van der Waals surface area (Å²) in [7, 11) is 0. The van der Waals surface area contributed by atoms with Crippen molar-refractivity contribution in [3.05, 3.63) is 24.3 Å². The predicted molar refractivity (Wildman–Crippen MR) is 58.2 cm³/mol. The lowest BCUT2D eigenvalue weighted by Gasteiger charge is -2.01. The summed E-state index contributed by atoms with van der Waals surface area (Å²) in [6.45, 7) is 1.97. The molecule has 1 aromatic rings. The molecule has 1 aliphatic heterocycles. The van der Waals surface area contributed by atoms with Crippen molar-refractivity contribution >= 4 is 22.9 Å². The molecule has 1 heterocycles. The van der Waals surface area contributed by atoms with Gasteiger partial charge in [-0.25, -0.2) is 10.8 Å². The summed E-state index contributed by atoms with van der Waals surface area (Å²) in [5, 5.41) is 0. The zero-order valence-electron chi connectivity index (χ0n) is 7.99. The first-order chi connectivity index (χ1) is 6.79. The molecule has 0 aliphatic carbocycles. The molecule has 1 aromatic carbocycles. The second-order valence-electron chi connectivity index (χ2n) is 3.22. The number of nitrogens with one attached hydrogen (secondary N) is 1. The molecule has 2 rings (SSSR count). The molecule has 0 saturated carbocycles. The van der Waals surface area contributed by atoms with E-state index in [9.17, 15) is 0 Å². The van der Waals surface area contributed by atoms with Crippen molar-refractivity contribution in [2.24, 2.45) is 15.8 Å². The van der Waals surface area contributed by atoms with E-state index in [1.54, 1.807) is 0 Å². The molecule has 0 saturated heterocycles. The second kappa shape index (κ2) is 3.59. The fourth-order valence-corrected chi connectivity index (χ4v) is 1.41. The number of aliphatic imine (C=N–C) groups is 2. The maximum Gasteiger partial charge on any atom is 0.122 e. The molecule has 0 unspecified atom stereocenters. The van der Waals surface area contributed by atoms with Crippen molar-refractivity contribution in [3.8, 4) is 0 Å². The Balaban J connectivity index is 2.54. The number of para-hydroxylation sites is 2. The highest BCUT2D eigenvalue weighted by Crippen LogP contribution is 2.29. The highest BCUT2D eigenvalue weighted by Gasteiger charge is 2.08. The number of benzene rings is 1. The van der Waals surface area contributed by atoms with Gasteiger partial charge >= 0.3 is 0 Å². The van der Waals surface area contributed by atoms with Gasteiger partial charge in [0.15, 0.2) is 0 Å². The van der Waals surface area contributed by atoms with Crippen molar-refractivity contribution in [1.82, 2.24) is 5.43 Å². The van der Waals surface area contributed by atoms with Crippen LogP contribution in [-0.2, 0) is 0 Å². The predicted octanol–water partition coefficient (Wildman–Crippen LogP) is 1.68. The highest BCUT2D eigenvalue weighted by molar-refractivity contribution is 6.06. The molecule has 4 heteroatoms. The van der Waals surface area contributed by atoms with Gasteiger partial charge < -0.3 is 5.43 Å². The Labute approximate surface area is 82.5 Å². The molecule has 0 amide bonds. The van der Waals surface area contributed by atoms with E-state index < -0.39 is 0 Å². The molecule has 3 N–H and O–H groups in total. The van der Waals surface area contributed by atoms with Gasteiger partial charge in [0.2, 0.25) is 0 Å². The molecule has 0 aromatic heterocycles. The lowest BCUT2D eigenvalue weighted by Crippen LogP contribution is -2.31. The van der Waals surface area contributed by atoms with Gasteiger partial charge in [-0.2, -0.15) is 0 Å². The van der Waals surface area contributed by atoms with Gasteiger partial charge in [-0.15, -0.1) is 0 Å². The molecule has 14 heavy (non-hydrogen) atoms. The van der Waals surface area contributed by atoms with E-state index in [0.29, 0.717) is 6.42 Å². The molecule has 0 spiro atoms. The van der Waals surface area contributed by atoms with Crippen LogP contribution in [0.4, 0.5) is 11.4 Å². The summed E-state index contributed by atoms with van der Waals surface area (Å²) >= 11 is 0. The third-order valence-electron chi connectivity index (χ3n) is 2.04. The first kappa shape index (κ1) is 8.90. The molecular formula is C10H12N4. The fraction of sp³-hybridized carbons (Fsp3) is 0.200. The van der Waals surface area contributed by atoms with Crippen molar-refractivity contribution in [2.45, 2.75) is 13.3 Å². The summed E-state index contributed by atoms with van der Waals surface area (Å²) in [4.78, 5) is 8.82. The number of nitrogens with zero attached hydrogens (tertiary/aromatic N) is 2. The van der Waals surface area contributed by atoms with Gasteiger partial charge in [0.1, 0.15) is 5.84 Å². The summed E-state index contributed by atoms with van der Waals surface area (Å²) in [6, 6.07) is 7.76. The number of nitrogens with two attached hydrogens (primary N) is 1. The highest BCUT2D eigenvalue weighted by atomic mass is 15.3. The summed E-state index contributed by atoms with van der Waals surface area (Å²) in [5.74, 6) is 6.10. The largest absolute Gasteiger partial charge is 0.312 e. The van der Waals surface area contributed by atoms with E-state index in [1.807, 2.05) is 31.2 Å². The van der Waals surface area contributed by atoms with Crippen LogP contribution >= 0.6 is 0 Å². The lowest BCUT2D eigenvalue weighted by atomic mass is 10.3. The molecule has 0 atom stereocenters. The van der Waals surface area contributed by atoms with Crippen LogP contribution < -0.4 is 11.3 Å².